The zero-order chi connectivity index (χ0) is 14.7. The average molecular weight is 288 g/mol. The maximum atomic E-state index is 4.75. The van der Waals surface area contributed by atoms with Gasteiger partial charge in [-0.05, 0) is 45.5 Å². The third-order valence-electron chi connectivity index (χ3n) is 4.85. The van der Waals surface area contributed by atoms with Crippen LogP contribution < -0.4 is 4.90 Å². The first-order valence-corrected chi connectivity index (χ1v) is 8.42. The second kappa shape index (κ2) is 6.75. The summed E-state index contributed by atoms with van der Waals surface area (Å²) in [6.07, 6.45) is 5.80. The van der Waals surface area contributed by atoms with Crippen LogP contribution in [-0.2, 0) is 0 Å². The lowest BCUT2D eigenvalue weighted by atomic mass is 10.0. The number of hydrogen-bond acceptors (Lipinski definition) is 4. The van der Waals surface area contributed by atoms with Crippen molar-refractivity contribution >= 4 is 5.82 Å². The minimum atomic E-state index is 0.577. The van der Waals surface area contributed by atoms with Crippen LogP contribution in [-0.4, -0.2) is 61.1 Å². The normalized spacial score (nSPS) is 24.7. The molecule has 1 aromatic heterocycles. The topological polar surface area (TPSA) is 22.6 Å². The number of likely N-dealkylation sites (N-methyl/N-ethyl adjacent to an activating group) is 1. The lowest BCUT2D eigenvalue weighted by Crippen LogP contribution is -2.45. The molecule has 0 radical (unpaired) electrons. The molecule has 1 aromatic rings. The number of anilines is 1. The summed E-state index contributed by atoms with van der Waals surface area (Å²) >= 11 is 0. The number of nitrogens with zero attached hydrogens (tertiary/aromatic N) is 4. The Labute approximate surface area is 128 Å². The molecule has 0 saturated carbocycles. The molecule has 0 amide bonds. The summed E-state index contributed by atoms with van der Waals surface area (Å²) in [4.78, 5) is 12.3. The Morgan fingerprint density at radius 3 is 2.76 bits per heavy atom. The molecule has 0 aliphatic carbocycles. The minimum absolute atomic E-state index is 0.577. The van der Waals surface area contributed by atoms with E-state index in [1.165, 1.54) is 43.7 Å². The van der Waals surface area contributed by atoms with E-state index >= 15 is 0 Å². The van der Waals surface area contributed by atoms with Crippen molar-refractivity contribution in [2.45, 2.75) is 32.2 Å². The summed E-state index contributed by atoms with van der Waals surface area (Å²) in [6, 6.07) is 4.99. The molecule has 0 bridgehead atoms. The standard InChI is InChI=1S/C17H28N4/c1-3-9-20-10-5-7-16(20)15-6-4-8-18-17(15)21-13-11-19(2)12-14-21/h4,6,8,16H,3,5,7,9-14H2,1-2H3/t16-/m0/s1. The molecule has 0 spiro atoms. The third-order valence-corrected chi connectivity index (χ3v) is 4.85. The van der Waals surface area contributed by atoms with Gasteiger partial charge in [0.2, 0.25) is 0 Å². The lowest BCUT2D eigenvalue weighted by Gasteiger charge is -2.36. The summed E-state index contributed by atoms with van der Waals surface area (Å²) in [5.41, 5.74) is 1.45. The van der Waals surface area contributed by atoms with Gasteiger partial charge in [-0.2, -0.15) is 0 Å². The van der Waals surface area contributed by atoms with Crippen LogP contribution in [0.2, 0.25) is 0 Å². The maximum absolute atomic E-state index is 4.75. The fraction of sp³-hybridized carbons (Fsp3) is 0.706. The first-order valence-electron chi connectivity index (χ1n) is 8.42. The fourth-order valence-corrected chi connectivity index (χ4v) is 3.69. The SMILES string of the molecule is CCCN1CCC[C@H]1c1cccnc1N1CCN(C)CC1. The van der Waals surface area contributed by atoms with Gasteiger partial charge >= 0.3 is 0 Å². The molecule has 1 atom stereocenters. The molecule has 2 aliphatic heterocycles. The van der Waals surface area contributed by atoms with Crippen molar-refractivity contribution in [2.24, 2.45) is 0 Å². The van der Waals surface area contributed by atoms with E-state index in [2.05, 4.69) is 40.8 Å². The first kappa shape index (κ1) is 14.8. The predicted molar refractivity (Wildman–Crippen MR) is 87.8 cm³/mol. The smallest absolute Gasteiger partial charge is 0.133 e. The summed E-state index contributed by atoms with van der Waals surface area (Å²) in [6.45, 7) is 9.21. The van der Waals surface area contributed by atoms with Crippen LogP contribution >= 0.6 is 0 Å². The van der Waals surface area contributed by atoms with Crippen LogP contribution in [0, 0.1) is 0 Å². The highest BCUT2D eigenvalue weighted by molar-refractivity contribution is 5.49. The van der Waals surface area contributed by atoms with Crippen molar-refractivity contribution in [1.82, 2.24) is 14.8 Å². The van der Waals surface area contributed by atoms with Gasteiger partial charge in [-0.1, -0.05) is 13.0 Å². The fourth-order valence-electron chi connectivity index (χ4n) is 3.69. The van der Waals surface area contributed by atoms with Gasteiger partial charge in [0.05, 0.1) is 0 Å². The van der Waals surface area contributed by atoms with Crippen molar-refractivity contribution in [1.29, 1.82) is 0 Å². The van der Waals surface area contributed by atoms with Gasteiger partial charge < -0.3 is 9.80 Å². The predicted octanol–water partition coefficient (Wildman–Crippen LogP) is 2.38. The summed E-state index contributed by atoms with van der Waals surface area (Å²) in [5.74, 6) is 1.23. The molecule has 4 heteroatoms. The highest BCUT2D eigenvalue weighted by atomic mass is 15.3. The van der Waals surface area contributed by atoms with Crippen molar-refractivity contribution in [3.8, 4) is 0 Å². The van der Waals surface area contributed by atoms with E-state index in [0.717, 1.165) is 26.2 Å². The molecule has 4 nitrogen and oxygen atoms in total. The van der Waals surface area contributed by atoms with Crippen LogP contribution in [0.4, 0.5) is 5.82 Å². The Kier molecular flexibility index (Phi) is 4.76. The summed E-state index contributed by atoms with van der Waals surface area (Å²) < 4.78 is 0. The van der Waals surface area contributed by atoms with Gasteiger partial charge in [0, 0.05) is 44.0 Å². The number of pyridine rings is 1. The Balaban J connectivity index is 1.82. The molecule has 3 rings (SSSR count). The molecule has 2 saturated heterocycles. The number of aromatic nitrogens is 1. The lowest BCUT2D eigenvalue weighted by molar-refractivity contribution is 0.256. The van der Waals surface area contributed by atoms with Gasteiger partial charge in [0.25, 0.3) is 0 Å². The van der Waals surface area contributed by atoms with E-state index in [4.69, 9.17) is 4.98 Å². The molecule has 21 heavy (non-hydrogen) atoms. The molecule has 3 heterocycles. The van der Waals surface area contributed by atoms with Crippen LogP contribution in [0.15, 0.2) is 18.3 Å². The Hall–Kier alpha value is -1.13. The molecule has 0 unspecified atom stereocenters. The Morgan fingerprint density at radius 2 is 2.00 bits per heavy atom. The van der Waals surface area contributed by atoms with Crippen molar-refractivity contribution in [3.05, 3.63) is 23.9 Å². The van der Waals surface area contributed by atoms with E-state index in [-0.39, 0.29) is 0 Å². The van der Waals surface area contributed by atoms with Crippen LogP contribution in [0.25, 0.3) is 0 Å². The average Bonchev–Trinajstić information content (AvgIpc) is 2.97. The van der Waals surface area contributed by atoms with Gasteiger partial charge in [0.1, 0.15) is 5.82 Å². The van der Waals surface area contributed by atoms with Crippen LogP contribution in [0.3, 0.4) is 0 Å². The van der Waals surface area contributed by atoms with Gasteiger partial charge in [-0.25, -0.2) is 4.98 Å². The van der Waals surface area contributed by atoms with E-state index < -0.39 is 0 Å². The van der Waals surface area contributed by atoms with E-state index in [1.807, 2.05) is 6.20 Å². The van der Waals surface area contributed by atoms with Gasteiger partial charge in [-0.3, -0.25) is 4.90 Å². The molecule has 0 N–H and O–H groups in total. The quantitative estimate of drug-likeness (QED) is 0.848. The summed E-state index contributed by atoms with van der Waals surface area (Å²) in [5, 5.41) is 0. The maximum Gasteiger partial charge on any atom is 0.133 e. The zero-order valence-corrected chi connectivity index (χ0v) is 13.5. The van der Waals surface area contributed by atoms with Crippen molar-refractivity contribution in [2.75, 3.05) is 51.2 Å². The highest BCUT2D eigenvalue weighted by Gasteiger charge is 2.29. The van der Waals surface area contributed by atoms with Crippen molar-refractivity contribution < 1.29 is 0 Å². The monoisotopic (exact) mass is 288 g/mol. The Morgan fingerprint density at radius 1 is 1.19 bits per heavy atom. The molecule has 0 aromatic carbocycles. The molecular weight excluding hydrogens is 260 g/mol. The highest BCUT2D eigenvalue weighted by Crippen LogP contribution is 2.36. The first-order chi connectivity index (χ1) is 10.3. The number of hydrogen-bond donors (Lipinski definition) is 0. The molecular formula is C17H28N4. The van der Waals surface area contributed by atoms with Crippen LogP contribution in [0.5, 0.6) is 0 Å². The summed E-state index contributed by atoms with van der Waals surface area (Å²) in [7, 11) is 2.20. The second-order valence-corrected chi connectivity index (χ2v) is 6.40. The van der Waals surface area contributed by atoms with Crippen LogP contribution in [0.1, 0.15) is 37.8 Å². The number of piperazine rings is 1. The zero-order valence-electron chi connectivity index (χ0n) is 13.5. The number of rotatable bonds is 4. The van der Waals surface area contributed by atoms with Gasteiger partial charge in [0.15, 0.2) is 0 Å². The van der Waals surface area contributed by atoms with E-state index in [9.17, 15) is 0 Å². The largest absolute Gasteiger partial charge is 0.354 e. The van der Waals surface area contributed by atoms with E-state index in [0.29, 0.717) is 6.04 Å². The molecule has 2 fully saturated rings. The molecule has 116 valence electrons. The second-order valence-electron chi connectivity index (χ2n) is 6.40. The van der Waals surface area contributed by atoms with Crippen molar-refractivity contribution in [3.63, 3.8) is 0 Å². The minimum Gasteiger partial charge on any atom is -0.354 e. The van der Waals surface area contributed by atoms with Gasteiger partial charge in [-0.15, -0.1) is 0 Å². The number of likely N-dealkylation sites (tertiary alicyclic amines) is 1. The molecule has 2 aliphatic rings. The third kappa shape index (κ3) is 3.22. The Bertz CT molecular complexity index is 454. The van der Waals surface area contributed by atoms with E-state index in [1.54, 1.807) is 0 Å².